The summed E-state index contributed by atoms with van der Waals surface area (Å²) in [5.74, 6) is 0.837. The van der Waals surface area contributed by atoms with Crippen LogP contribution >= 0.6 is 0 Å². The molecule has 1 aliphatic carbocycles. The van der Waals surface area contributed by atoms with Crippen LogP contribution in [0.3, 0.4) is 0 Å². The van der Waals surface area contributed by atoms with Crippen LogP contribution in [0.15, 0.2) is 0 Å². The number of rotatable bonds is 2. The van der Waals surface area contributed by atoms with Gasteiger partial charge in [0.25, 0.3) is 0 Å². The summed E-state index contributed by atoms with van der Waals surface area (Å²) in [5.41, 5.74) is 0.432. The van der Waals surface area contributed by atoms with Crippen LogP contribution in [0.5, 0.6) is 0 Å². The van der Waals surface area contributed by atoms with Gasteiger partial charge in [0.05, 0.1) is 0 Å². The molecule has 2 rings (SSSR count). The van der Waals surface area contributed by atoms with Gasteiger partial charge in [-0.05, 0) is 30.6 Å². The van der Waals surface area contributed by atoms with Crippen LogP contribution in [0.2, 0.25) is 0 Å². The maximum atomic E-state index is 11.8. The van der Waals surface area contributed by atoms with Crippen molar-refractivity contribution >= 4 is 6.03 Å². The van der Waals surface area contributed by atoms with Crippen molar-refractivity contribution in [2.75, 3.05) is 20.1 Å². The Balaban J connectivity index is 1.79. The number of carbonyl (C=O) groups is 1. The summed E-state index contributed by atoms with van der Waals surface area (Å²) >= 11 is 0. The van der Waals surface area contributed by atoms with Crippen molar-refractivity contribution in [3.8, 4) is 0 Å². The smallest absolute Gasteiger partial charge is 0.320 e. The number of urea groups is 1. The zero-order chi connectivity index (χ0) is 11.9. The summed E-state index contributed by atoms with van der Waals surface area (Å²) in [4.78, 5) is 15.7. The van der Waals surface area contributed by atoms with E-state index in [-0.39, 0.29) is 6.03 Å². The fourth-order valence-corrected chi connectivity index (χ4v) is 2.99. The largest absolute Gasteiger partial charge is 0.326 e. The van der Waals surface area contributed by atoms with Crippen LogP contribution in [0.1, 0.15) is 40.0 Å². The number of likely N-dealkylation sites (N-methyl/N-ethyl adjacent to an activating group) is 1. The van der Waals surface area contributed by atoms with Gasteiger partial charge in [0.2, 0.25) is 0 Å². The highest BCUT2D eigenvalue weighted by molar-refractivity contribution is 5.76. The van der Waals surface area contributed by atoms with Crippen molar-refractivity contribution in [2.24, 2.45) is 11.3 Å². The SMILES string of the molecule is CN1CCN(C2CC(CC(C)(C)C)C2)C1=O. The number of hydrogen-bond donors (Lipinski definition) is 0. The monoisotopic (exact) mass is 224 g/mol. The standard InChI is InChI=1S/C13H24N2O/c1-13(2,3)9-10-7-11(8-10)15-6-5-14(4)12(15)16/h10-11H,5-9H2,1-4H3. The lowest BCUT2D eigenvalue weighted by atomic mass is 9.71. The Hall–Kier alpha value is -0.730. The molecule has 3 nitrogen and oxygen atoms in total. The Morgan fingerprint density at radius 2 is 1.88 bits per heavy atom. The van der Waals surface area contributed by atoms with E-state index in [9.17, 15) is 4.79 Å². The van der Waals surface area contributed by atoms with Crippen molar-refractivity contribution in [3.05, 3.63) is 0 Å². The molecular weight excluding hydrogens is 200 g/mol. The first-order valence-electron chi connectivity index (χ1n) is 6.38. The second-order valence-corrected chi connectivity index (χ2v) is 6.65. The number of hydrogen-bond acceptors (Lipinski definition) is 1. The summed E-state index contributed by atoms with van der Waals surface area (Å²) in [6.45, 7) is 8.74. The third-order valence-electron chi connectivity index (χ3n) is 3.80. The molecule has 1 heterocycles. The molecule has 2 amide bonds. The highest BCUT2D eigenvalue weighted by Gasteiger charge is 2.40. The lowest BCUT2D eigenvalue weighted by molar-refractivity contribution is 0.0874. The van der Waals surface area contributed by atoms with Crippen molar-refractivity contribution < 1.29 is 4.79 Å². The summed E-state index contributed by atoms with van der Waals surface area (Å²) in [6.07, 6.45) is 3.73. The molecule has 92 valence electrons. The first-order valence-corrected chi connectivity index (χ1v) is 6.38. The molecule has 3 heteroatoms. The zero-order valence-corrected chi connectivity index (χ0v) is 11.0. The van der Waals surface area contributed by atoms with E-state index in [1.807, 2.05) is 11.9 Å². The Labute approximate surface area is 98.8 Å². The normalized spacial score (nSPS) is 30.9. The average molecular weight is 224 g/mol. The molecule has 0 aromatic carbocycles. The average Bonchev–Trinajstić information content (AvgIpc) is 2.39. The molecule has 1 aliphatic heterocycles. The maximum absolute atomic E-state index is 11.8. The molecule has 0 spiro atoms. The lowest BCUT2D eigenvalue weighted by Gasteiger charge is -2.43. The van der Waals surface area contributed by atoms with E-state index >= 15 is 0 Å². The predicted molar refractivity (Wildman–Crippen MR) is 65.3 cm³/mol. The molecule has 1 saturated carbocycles. The van der Waals surface area contributed by atoms with Crippen molar-refractivity contribution in [1.29, 1.82) is 0 Å². The molecule has 0 aromatic heterocycles. The second kappa shape index (κ2) is 3.94. The van der Waals surface area contributed by atoms with E-state index in [4.69, 9.17) is 0 Å². The van der Waals surface area contributed by atoms with Gasteiger partial charge >= 0.3 is 6.03 Å². The van der Waals surface area contributed by atoms with Gasteiger partial charge in [0.15, 0.2) is 0 Å². The van der Waals surface area contributed by atoms with E-state index in [0.29, 0.717) is 11.5 Å². The van der Waals surface area contributed by atoms with E-state index < -0.39 is 0 Å². The summed E-state index contributed by atoms with van der Waals surface area (Å²) in [5, 5.41) is 0. The predicted octanol–water partition coefficient (Wildman–Crippen LogP) is 2.57. The Morgan fingerprint density at radius 1 is 1.25 bits per heavy atom. The molecule has 0 radical (unpaired) electrons. The molecule has 0 N–H and O–H groups in total. The van der Waals surface area contributed by atoms with Crippen LogP contribution in [-0.4, -0.2) is 42.0 Å². The molecule has 2 fully saturated rings. The summed E-state index contributed by atoms with van der Waals surface area (Å²) in [6, 6.07) is 0.768. The van der Waals surface area contributed by atoms with E-state index in [1.165, 1.54) is 19.3 Å². The van der Waals surface area contributed by atoms with Gasteiger partial charge in [-0.25, -0.2) is 4.79 Å². The molecule has 0 aromatic rings. The minimum atomic E-state index is 0.235. The summed E-state index contributed by atoms with van der Waals surface area (Å²) < 4.78 is 0. The Morgan fingerprint density at radius 3 is 2.31 bits per heavy atom. The fraction of sp³-hybridized carbons (Fsp3) is 0.923. The quantitative estimate of drug-likeness (QED) is 0.707. The Bertz CT molecular complexity index is 276. The number of nitrogens with zero attached hydrogens (tertiary/aromatic N) is 2. The molecule has 1 saturated heterocycles. The molecule has 0 unspecified atom stereocenters. The second-order valence-electron chi connectivity index (χ2n) is 6.65. The third kappa shape index (κ3) is 2.33. The van der Waals surface area contributed by atoms with E-state index in [2.05, 4.69) is 25.7 Å². The van der Waals surface area contributed by atoms with Crippen LogP contribution in [0, 0.1) is 11.3 Å². The zero-order valence-electron chi connectivity index (χ0n) is 11.0. The molecular formula is C13H24N2O. The van der Waals surface area contributed by atoms with Gasteiger partial charge in [0, 0.05) is 26.2 Å². The topological polar surface area (TPSA) is 23.6 Å². The first-order chi connectivity index (χ1) is 7.37. The van der Waals surface area contributed by atoms with Crippen LogP contribution in [0.4, 0.5) is 4.79 Å². The first kappa shape index (κ1) is 11.7. The third-order valence-corrected chi connectivity index (χ3v) is 3.80. The van der Waals surface area contributed by atoms with Crippen LogP contribution in [0.25, 0.3) is 0 Å². The van der Waals surface area contributed by atoms with Crippen molar-refractivity contribution in [3.63, 3.8) is 0 Å². The van der Waals surface area contributed by atoms with Crippen LogP contribution < -0.4 is 0 Å². The number of amides is 2. The lowest BCUT2D eigenvalue weighted by Crippen LogP contribution is -2.47. The molecule has 0 bridgehead atoms. The van der Waals surface area contributed by atoms with E-state index in [1.54, 1.807) is 0 Å². The van der Waals surface area contributed by atoms with Crippen molar-refractivity contribution in [2.45, 2.75) is 46.1 Å². The highest BCUT2D eigenvalue weighted by Crippen LogP contribution is 2.40. The number of carbonyl (C=O) groups excluding carboxylic acids is 1. The van der Waals surface area contributed by atoms with Crippen LogP contribution in [-0.2, 0) is 0 Å². The van der Waals surface area contributed by atoms with Gasteiger partial charge in [0.1, 0.15) is 0 Å². The van der Waals surface area contributed by atoms with E-state index in [0.717, 1.165) is 19.0 Å². The van der Waals surface area contributed by atoms with Gasteiger partial charge in [-0.15, -0.1) is 0 Å². The molecule has 16 heavy (non-hydrogen) atoms. The minimum Gasteiger partial charge on any atom is -0.326 e. The minimum absolute atomic E-state index is 0.235. The summed E-state index contributed by atoms with van der Waals surface area (Å²) in [7, 11) is 1.90. The van der Waals surface area contributed by atoms with Crippen molar-refractivity contribution in [1.82, 2.24) is 9.80 Å². The van der Waals surface area contributed by atoms with Gasteiger partial charge in [-0.3, -0.25) is 0 Å². The molecule has 2 aliphatic rings. The van der Waals surface area contributed by atoms with Gasteiger partial charge < -0.3 is 9.80 Å². The van der Waals surface area contributed by atoms with Gasteiger partial charge in [-0.2, -0.15) is 0 Å². The highest BCUT2D eigenvalue weighted by atomic mass is 16.2. The Kier molecular flexibility index (Phi) is 2.89. The van der Waals surface area contributed by atoms with Gasteiger partial charge in [-0.1, -0.05) is 20.8 Å². The molecule has 0 atom stereocenters. The fourth-order valence-electron chi connectivity index (χ4n) is 2.99. The maximum Gasteiger partial charge on any atom is 0.320 e.